The molecule has 0 radical (unpaired) electrons. The predicted molar refractivity (Wildman–Crippen MR) is 106 cm³/mol. The summed E-state index contributed by atoms with van der Waals surface area (Å²) in [6.07, 6.45) is -1.23. The number of hydrogen-bond donors (Lipinski definition) is 1. The third-order valence-corrected chi connectivity index (χ3v) is 4.74. The molecular formula is C19H13ClN2O5S. The molecule has 1 amide bonds. The maximum atomic E-state index is 12.8. The van der Waals surface area contributed by atoms with Crippen molar-refractivity contribution < 1.29 is 19.2 Å². The Hall–Kier alpha value is -3.23. The van der Waals surface area contributed by atoms with Crippen LogP contribution >= 0.6 is 22.9 Å². The molecule has 2 aromatic carbocycles. The van der Waals surface area contributed by atoms with Crippen LogP contribution in [0.25, 0.3) is 0 Å². The molecular weight excluding hydrogens is 404 g/mol. The molecule has 1 aromatic heterocycles. The minimum absolute atomic E-state index is 0.0495. The highest BCUT2D eigenvalue weighted by Gasteiger charge is 2.26. The number of benzene rings is 2. The number of rotatable bonds is 6. The van der Waals surface area contributed by atoms with E-state index in [1.165, 1.54) is 23.5 Å². The Morgan fingerprint density at radius 2 is 1.89 bits per heavy atom. The summed E-state index contributed by atoms with van der Waals surface area (Å²) in [6, 6.07) is 14.0. The third kappa shape index (κ3) is 4.54. The summed E-state index contributed by atoms with van der Waals surface area (Å²) in [6.45, 7) is 0. The highest BCUT2D eigenvalue weighted by atomic mass is 35.5. The summed E-state index contributed by atoms with van der Waals surface area (Å²) in [5, 5.41) is 16.9. The molecule has 7 nitrogen and oxygen atoms in total. The number of halogens is 1. The van der Waals surface area contributed by atoms with E-state index in [0.29, 0.717) is 11.1 Å². The first-order valence-corrected chi connectivity index (χ1v) is 9.30. The SMILES string of the molecule is O=C(OC(C(=O)Nc1ccc(Cl)c([N+](=O)[O-])c1)c1ccccc1)c1ccsc1. The van der Waals surface area contributed by atoms with Gasteiger partial charge in [0, 0.05) is 22.7 Å². The Bertz CT molecular complexity index is 1010. The maximum Gasteiger partial charge on any atom is 0.340 e. The number of nitrogens with zero attached hydrogens (tertiary/aromatic N) is 1. The Kier molecular flexibility index (Phi) is 6.03. The minimum Gasteiger partial charge on any atom is -0.444 e. The first-order chi connectivity index (χ1) is 13.5. The molecule has 1 atom stereocenters. The minimum atomic E-state index is -1.23. The van der Waals surface area contributed by atoms with Gasteiger partial charge in [-0.2, -0.15) is 11.3 Å². The van der Waals surface area contributed by atoms with Gasteiger partial charge in [0.05, 0.1) is 10.5 Å². The molecule has 9 heteroatoms. The van der Waals surface area contributed by atoms with E-state index in [1.807, 2.05) is 0 Å². The summed E-state index contributed by atoms with van der Waals surface area (Å²) < 4.78 is 5.41. The molecule has 0 aliphatic carbocycles. The van der Waals surface area contributed by atoms with Gasteiger partial charge in [-0.25, -0.2) is 4.79 Å². The van der Waals surface area contributed by atoms with Crippen LogP contribution in [0.4, 0.5) is 11.4 Å². The summed E-state index contributed by atoms with van der Waals surface area (Å²) in [7, 11) is 0. The van der Waals surface area contributed by atoms with Gasteiger partial charge in [0.25, 0.3) is 11.6 Å². The van der Waals surface area contributed by atoms with Gasteiger partial charge in [0.2, 0.25) is 6.10 Å². The van der Waals surface area contributed by atoms with Crippen molar-refractivity contribution in [3.05, 3.63) is 91.6 Å². The molecule has 0 spiro atoms. The molecule has 0 aliphatic heterocycles. The number of nitro groups is 1. The quantitative estimate of drug-likeness (QED) is 0.352. The van der Waals surface area contributed by atoms with E-state index in [4.69, 9.17) is 16.3 Å². The molecule has 3 rings (SSSR count). The fourth-order valence-corrected chi connectivity index (χ4v) is 3.21. The van der Waals surface area contributed by atoms with E-state index in [-0.39, 0.29) is 16.4 Å². The Morgan fingerprint density at radius 3 is 2.54 bits per heavy atom. The van der Waals surface area contributed by atoms with Crippen LogP contribution in [0.5, 0.6) is 0 Å². The first kappa shape index (κ1) is 19.5. The van der Waals surface area contributed by atoms with Crippen molar-refractivity contribution in [3.63, 3.8) is 0 Å². The summed E-state index contributed by atoms with van der Waals surface area (Å²) >= 11 is 7.12. The number of anilines is 1. The van der Waals surface area contributed by atoms with Crippen molar-refractivity contribution in [3.8, 4) is 0 Å². The number of carbonyl (C=O) groups excluding carboxylic acids is 2. The van der Waals surface area contributed by atoms with Crippen molar-refractivity contribution in [2.45, 2.75) is 6.10 Å². The van der Waals surface area contributed by atoms with Gasteiger partial charge < -0.3 is 10.1 Å². The number of thiophene rings is 1. The average Bonchev–Trinajstić information content (AvgIpc) is 3.22. The van der Waals surface area contributed by atoms with Crippen molar-refractivity contribution in [1.29, 1.82) is 0 Å². The van der Waals surface area contributed by atoms with E-state index in [1.54, 1.807) is 47.2 Å². The second-order valence-electron chi connectivity index (χ2n) is 5.62. The molecule has 0 bridgehead atoms. The van der Waals surface area contributed by atoms with Gasteiger partial charge >= 0.3 is 5.97 Å². The van der Waals surface area contributed by atoms with Crippen LogP contribution in [0.1, 0.15) is 22.0 Å². The topological polar surface area (TPSA) is 98.5 Å². The number of esters is 1. The number of carbonyl (C=O) groups is 2. The molecule has 142 valence electrons. The van der Waals surface area contributed by atoms with Gasteiger partial charge in [0.15, 0.2) is 0 Å². The average molecular weight is 417 g/mol. The zero-order valence-corrected chi connectivity index (χ0v) is 15.8. The lowest BCUT2D eigenvalue weighted by Gasteiger charge is -2.18. The van der Waals surface area contributed by atoms with Crippen molar-refractivity contribution in [2.24, 2.45) is 0 Å². The van der Waals surface area contributed by atoms with Crippen LogP contribution in [0.2, 0.25) is 5.02 Å². The second kappa shape index (κ2) is 8.64. The fourth-order valence-electron chi connectivity index (χ4n) is 2.39. The lowest BCUT2D eigenvalue weighted by Crippen LogP contribution is -2.25. The third-order valence-electron chi connectivity index (χ3n) is 3.73. The van der Waals surface area contributed by atoms with Crippen LogP contribution in [0.15, 0.2) is 65.4 Å². The summed E-state index contributed by atoms with van der Waals surface area (Å²) in [4.78, 5) is 35.5. The standard InChI is InChI=1S/C19H13ClN2O5S/c20-15-7-6-14(10-16(15)22(25)26)21-18(23)17(12-4-2-1-3-5-12)27-19(24)13-8-9-28-11-13/h1-11,17H,(H,21,23). The zero-order chi connectivity index (χ0) is 20.1. The van der Waals surface area contributed by atoms with Gasteiger partial charge in [-0.05, 0) is 23.6 Å². The van der Waals surface area contributed by atoms with E-state index in [0.717, 1.165) is 6.07 Å². The molecule has 1 N–H and O–H groups in total. The van der Waals surface area contributed by atoms with Crippen LogP contribution in [-0.4, -0.2) is 16.8 Å². The van der Waals surface area contributed by atoms with Gasteiger partial charge in [-0.3, -0.25) is 14.9 Å². The van der Waals surface area contributed by atoms with E-state index < -0.39 is 22.9 Å². The van der Waals surface area contributed by atoms with Crippen LogP contribution in [-0.2, 0) is 9.53 Å². The number of nitro benzene ring substituents is 1. The summed E-state index contributed by atoms with van der Waals surface area (Å²) in [5.74, 6) is -1.29. The molecule has 0 aliphatic rings. The maximum absolute atomic E-state index is 12.8. The summed E-state index contributed by atoms with van der Waals surface area (Å²) in [5.41, 5.74) is 0.618. The van der Waals surface area contributed by atoms with Crippen molar-refractivity contribution >= 4 is 46.2 Å². The molecule has 1 heterocycles. The molecule has 1 unspecified atom stereocenters. The molecule has 0 saturated carbocycles. The Morgan fingerprint density at radius 1 is 1.14 bits per heavy atom. The van der Waals surface area contributed by atoms with Crippen LogP contribution < -0.4 is 5.32 Å². The number of nitrogens with one attached hydrogen (secondary N) is 1. The van der Waals surface area contributed by atoms with Crippen molar-refractivity contribution in [1.82, 2.24) is 0 Å². The smallest absolute Gasteiger partial charge is 0.340 e. The normalized spacial score (nSPS) is 11.5. The molecule has 0 fully saturated rings. The van der Waals surface area contributed by atoms with Gasteiger partial charge in [0.1, 0.15) is 5.02 Å². The Balaban J connectivity index is 1.86. The second-order valence-corrected chi connectivity index (χ2v) is 6.81. The van der Waals surface area contributed by atoms with Crippen LogP contribution in [0.3, 0.4) is 0 Å². The molecule has 0 saturated heterocycles. The molecule has 28 heavy (non-hydrogen) atoms. The lowest BCUT2D eigenvalue weighted by molar-refractivity contribution is -0.384. The van der Waals surface area contributed by atoms with Crippen molar-refractivity contribution in [2.75, 3.05) is 5.32 Å². The monoisotopic (exact) mass is 416 g/mol. The van der Waals surface area contributed by atoms with E-state index in [2.05, 4.69) is 5.32 Å². The highest BCUT2D eigenvalue weighted by molar-refractivity contribution is 7.08. The zero-order valence-electron chi connectivity index (χ0n) is 14.2. The fraction of sp³-hybridized carbons (Fsp3) is 0.0526. The number of ether oxygens (including phenoxy) is 1. The van der Waals surface area contributed by atoms with Gasteiger partial charge in [-0.15, -0.1) is 0 Å². The number of hydrogen-bond acceptors (Lipinski definition) is 6. The van der Waals surface area contributed by atoms with Crippen LogP contribution in [0, 0.1) is 10.1 Å². The first-order valence-electron chi connectivity index (χ1n) is 7.98. The van der Waals surface area contributed by atoms with Gasteiger partial charge in [-0.1, -0.05) is 41.9 Å². The highest BCUT2D eigenvalue weighted by Crippen LogP contribution is 2.28. The Labute approximate surface area is 168 Å². The van der Waals surface area contributed by atoms with E-state index >= 15 is 0 Å². The predicted octanol–water partition coefficient (Wildman–Crippen LogP) is 4.85. The molecule has 3 aromatic rings. The lowest BCUT2D eigenvalue weighted by atomic mass is 10.1. The van der Waals surface area contributed by atoms with E-state index in [9.17, 15) is 19.7 Å². The number of amides is 1. The largest absolute Gasteiger partial charge is 0.444 e.